The molecule has 2 aromatic carbocycles. The highest BCUT2D eigenvalue weighted by Gasteiger charge is 2.15. The molecule has 5 nitrogen and oxygen atoms in total. The molecule has 0 aliphatic carbocycles. The molecular weight excluding hydrogens is 384 g/mol. The molecule has 0 spiro atoms. The van der Waals surface area contributed by atoms with Gasteiger partial charge in [-0.3, -0.25) is 0 Å². The number of carbonyl (C=O) groups is 1. The van der Waals surface area contributed by atoms with Gasteiger partial charge in [-0.05, 0) is 30.3 Å². The van der Waals surface area contributed by atoms with Crippen LogP contribution in [0.25, 0.3) is 16.9 Å². The summed E-state index contributed by atoms with van der Waals surface area (Å²) in [5.41, 5.74) is 2.22. The second-order valence-electron chi connectivity index (χ2n) is 4.64. The molecule has 0 radical (unpaired) electrons. The van der Waals surface area contributed by atoms with Gasteiger partial charge in [0.15, 0.2) is 0 Å². The van der Waals surface area contributed by atoms with Crippen molar-refractivity contribution in [3.63, 3.8) is 0 Å². The maximum Gasteiger partial charge on any atom is 0.512 e. The molecule has 1 aromatic heterocycles. The summed E-state index contributed by atoms with van der Waals surface area (Å²) in [4.78, 5) is 10.8. The standard InChI is InChI=1S/C16H10BrClN2O3/c17-11-4-2-6-13(8-11)20-14(9-15(19-20)23-16(21)22)10-3-1-5-12(18)7-10/h1-9H,(H,21,22). The number of hydrogen-bond acceptors (Lipinski definition) is 3. The van der Waals surface area contributed by atoms with Crippen LogP contribution in [-0.2, 0) is 0 Å². The molecular formula is C16H10BrClN2O3. The summed E-state index contributed by atoms with van der Waals surface area (Å²) in [6, 6.07) is 16.2. The second kappa shape index (κ2) is 6.44. The number of hydrogen-bond donors (Lipinski definition) is 1. The molecule has 1 heterocycles. The van der Waals surface area contributed by atoms with Crippen molar-refractivity contribution in [2.75, 3.05) is 0 Å². The Hall–Kier alpha value is -2.31. The largest absolute Gasteiger partial charge is 0.512 e. The minimum absolute atomic E-state index is 0.00699. The maximum absolute atomic E-state index is 10.8. The highest BCUT2D eigenvalue weighted by Crippen LogP contribution is 2.29. The number of benzene rings is 2. The zero-order valence-corrected chi connectivity index (χ0v) is 14.0. The number of rotatable bonds is 3. The molecule has 23 heavy (non-hydrogen) atoms. The quantitative estimate of drug-likeness (QED) is 0.635. The maximum atomic E-state index is 10.8. The van der Waals surface area contributed by atoms with Gasteiger partial charge in [-0.1, -0.05) is 45.7 Å². The molecule has 0 atom stereocenters. The summed E-state index contributed by atoms with van der Waals surface area (Å²) in [5.74, 6) is -0.00699. The van der Waals surface area contributed by atoms with E-state index in [2.05, 4.69) is 25.8 Å². The molecule has 0 fully saturated rings. The van der Waals surface area contributed by atoms with E-state index in [1.165, 1.54) is 0 Å². The molecule has 0 saturated heterocycles. The van der Waals surface area contributed by atoms with E-state index < -0.39 is 6.16 Å². The monoisotopic (exact) mass is 392 g/mol. The van der Waals surface area contributed by atoms with Gasteiger partial charge < -0.3 is 9.84 Å². The van der Waals surface area contributed by atoms with Gasteiger partial charge in [0, 0.05) is 21.1 Å². The minimum Gasteiger partial charge on any atom is -0.449 e. The molecule has 0 amide bonds. The summed E-state index contributed by atoms with van der Waals surface area (Å²) in [7, 11) is 0. The number of carboxylic acid groups (broad SMARTS) is 1. The highest BCUT2D eigenvalue weighted by molar-refractivity contribution is 9.10. The van der Waals surface area contributed by atoms with Crippen LogP contribution in [-0.4, -0.2) is 21.0 Å². The van der Waals surface area contributed by atoms with Crippen LogP contribution in [0.1, 0.15) is 0 Å². The molecule has 7 heteroatoms. The Morgan fingerprint density at radius 2 is 1.96 bits per heavy atom. The van der Waals surface area contributed by atoms with Crippen molar-refractivity contribution in [1.82, 2.24) is 9.78 Å². The zero-order chi connectivity index (χ0) is 16.4. The number of aromatic nitrogens is 2. The molecule has 1 N–H and O–H groups in total. The third-order valence-electron chi connectivity index (χ3n) is 3.05. The molecule has 0 aliphatic rings. The van der Waals surface area contributed by atoms with Gasteiger partial charge in [0.2, 0.25) is 5.88 Å². The molecule has 0 unspecified atom stereocenters. The van der Waals surface area contributed by atoms with Crippen molar-refractivity contribution in [3.05, 3.63) is 64.1 Å². The Kier molecular flexibility index (Phi) is 4.36. The van der Waals surface area contributed by atoms with Crippen LogP contribution >= 0.6 is 27.5 Å². The van der Waals surface area contributed by atoms with Crippen molar-refractivity contribution in [3.8, 4) is 22.8 Å². The van der Waals surface area contributed by atoms with E-state index in [9.17, 15) is 4.79 Å². The van der Waals surface area contributed by atoms with E-state index in [4.69, 9.17) is 16.7 Å². The van der Waals surface area contributed by atoms with Crippen LogP contribution in [0.5, 0.6) is 5.88 Å². The van der Waals surface area contributed by atoms with Gasteiger partial charge in [0.25, 0.3) is 0 Å². The van der Waals surface area contributed by atoms with Gasteiger partial charge in [-0.15, -0.1) is 5.10 Å². The van der Waals surface area contributed by atoms with E-state index in [1.807, 2.05) is 36.4 Å². The van der Waals surface area contributed by atoms with Gasteiger partial charge in [-0.25, -0.2) is 9.48 Å². The van der Waals surface area contributed by atoms with E-state index >= 15 is 0 Å². The van der Waals surface area contributed by atoms with Crippen LogP contribution in [0, 0.1) is 0 Å². The van der Waals surface area contributed by atoms with Crippen LogP contribution in [0.4, 0.5) is 4.79 Å². The lowest BCUT2D eigenvalue weighted by atomic mass is 10.1. The number of nitrogens with zero attached hydrogens (tertiary/aromatic N) is 2. The summed E-state index contributed by atoms with van der Waals surface area (Å²) in [5, 5.41) is 13.6. The lowest BCUT2D eigenvalue weighted by Crippen LogP contribution is -2.04. The number of halogens is 2. The van der Waals surface area contributed by atoms with Crippen LogP contribution in [0.15, 0.2) is 59.1 Å². The average Bonchev–Trinajstić information content (AvgIpc) is 2.90. The predicted octanol–water partition coefficient (Wildman–Crippen LogP) is 5.01. The Labute approximate surface area is 145 Å². The minimum atomic E-state index is -1.42. The summed E-state index contributed by atoms with van der Waals surface area (Å²) in [6.45, 7) is 0. The first-order chi connectivity index (χ1) is 11.0. The summed E-state index contributed by atoms with van der Waals surface area (Å²) >= 11 is 9.46. The molecule has 116 valence electrons. The van der Waals surface area contributed by atoms with Crippen molar-refractivity contribution >= 4 is 33.7 Å². The molecule has 0 aliphatic heterocycles. The summed E-state index contributed by atoms with van der Waals surface area (Å²) < 4.78 is 7.16. The lowest BCUT2D eigenvalue weighted by Gasteiger charge is -2.08. The summed E-state index contributed by atoms with van der Waals surface area (Å²) in [6.07, 6.45) is -1.42. The van der Waals surface area contributed by atoms with Gasteiger partial charge in [-0.2, -0.15) is 0 Å². The topological polar surface area (TPSA) is 64.3 Å². The molecule has 0 saturated carbocycles. The van der Waals surface area contributed by atoms with Crippen molar-refractivity contribution in [1.29, 1.82) is 0 Å². The first kappa shape index (κ1) is 15.6. The van der Waals surface area contributed by atoms with Gasteiger partial charge in [0.05, 0.1) is 11.4 Å². The third kappa shape index (κ3) is 3.55. The fourth-order valence-electron chi connectivity index (χ4n) is 2.16. The van der Waals surface area contributed by atoms with Crippen molar-refractivity contribution in [2.24, 2.45) is 0 Å². The lowest BCUT2D eigenvalue weighted by molar-refractivity contribution is 0.142. The Balaban J connectivity index is 2.16. The SMILES string of the molecule is O=C(O)Oc1cc(-c2cccc(Cl)c2)n(-c2cccc(Br)c2)n1. The fraction of sp³-hybridized carbons (Fsp3) is 0. The fourth-order valence-corrected chi connectivity index (χ4v) is 2.73. The predicted molar refractivity (Wildman–Crippen MR) is 90.4 cm³/mol. The van der Waals surface area contributed by atoms with E-state index in [0.717, 1.165) is 15.7 Å². The van der Waals surface area contributed by atoms with Crippen LogP contribution in [0.2, 0.25) is 5.02 Å². The van der Waals surface area contributed by atoms with Gasteiger partial charge >= 0.3 is 6.16 Å². The smallest absolute Gasteiger partial charge is 0.449 e. The second-order valence-corrected chi connectivity index (χ2v) is 5.99. The zero-order valence-electron chi connectivity index (χ0n) is 11.6. The highest BCUT2D eigenvalue weighted by atomic mass is 79.9. The molecule has 3 rings (SSSR count). The van der Waals surface area contributed by atoms with E-state index in [0.29, 0.717) is 10.7 Å². The molecule has 3 aromatic rings. The first-order valence-corrected chi connectivity index (χ1v) is 7.73. The van der Waals surface area contributed by atoms with E-state index in [1.54, 1.807) is 22.9 Å². The van der Waals surface area contributed by atoms with Gasteiger partial charge in [0.1, 0.15) is 0 Å². The molecule has 0 bridgehead atoms. The van der Waals surface area contributed by atoms with Crippen molar-refractivity contribution in [2.45, 2.75) is 0 Å². The third-order valence-corrected chi connectivity index (χ3v) is 3.78. The Morgan fingerprint density at radius 1 is 1.17 bits per heavy atom. The van der Waals surface area contributed by atoms with E-state index in [-0.39, 0.29) is 5.88 Å². The van der Waals surface area contributed by atoms with Crippen molar-refractivity contribution < 1.29 is 14.6 Å². The van der Waals surface area contributed by atoms with Crippen LogP contribution < -0.4 is 4.74 Å². The Bertz CT molecular complexity index is 816. The number of ether oxygens (including phenoxy) is 1. The van der Waals surface area contributed by atoms with Crippen LogP contribution in [0.3, 0.4) is 0 Å². The first-order valence-electron chi connectivity index (χ1n) is 6.55. The Morgan fingerprint density at radius 3 is 2.65 bits per heavy atom. The average molecular weight is 394 g/mol. The normalized spacial score (nSPS) is 10.5.